The van der Waals surface area contributed by atoms with E-state index in [1.807, 2.05) is 0 Å². The maximum atomic E-state index is 2.59. The third-order valence-corrected chi connectivity index (χ3v) is 12.3. The van der Waals surface area contributed by atoms with Crippen LogP contribution in [0.3, 0.4) is 0 Å². The Bertz CT molecular complexity index is 606. The molecule has 35 heavy (non-hydrogen) atoms. The smallest absolute Gasteiger partial charge is 0.0324 e. The van der Waals surface area contributed by atoms with Crippen molar-refractivity contribution in [3.63, 3.8) is 0 Å². The Morgan fingerprint density at radius 2 is 1.29 bits per heavy atom. The van der Waals surface area contributed by atoms with Crippen LogP contribution in [-0.4, -0.2) is 0 Å². The van der Waals surface area contributed by atoms with Crippen molar-refractivity contribution in [3.05, 3.63) is 0 Å². The Morgan fingerprint density at radius 3 is 1.94 bits per heavy atom. The molecule has 9 unspecified atom stereocenters. The van der Waals surface area contributed by atoms with Gasteiger partial charge in [-0.2, -0.15) is 0 Å². The van der Waals surface area contributed by atoms with E-state index in [1.165, 1.54) is 70.6 Å². The Labute approximate surface area is 221 Å². The summed E-state index contributed by atoms with van der Waals surface area (Å²) in [6.45, 7) is 14.7. The van der Waals surface area contributed by atoms with E-state index in [0.717, 1.165) is 59.2 Å². The number of hydrogen-bond donors (Lipinski definition) is 0. The molecule has 0 nitrogen and oxygen atoms in total. The van der Waals surface area contributed by atoms with Gasteiger partial charge in [0.15, 0.2) is 0 Å². The monoisotopic (exact) mass is 485 g/mol. The van der Waals surface area contributed by atoms with E-state index in [9.17, 15) is 0 Å². The summed E-state index contributed by atoms with van der Waals surface area (Å²) in [6.07, 6.45) is 27.5. The molecule has 0 heterocycles. The van der Waals surface area contributed by atoms with Crippen LogP contribution in [0, 0.1) is 64.6 Å². The molecule has 0 aliphatic heterocycles. The molecule has 0 radical (unpaired) electrons. The summed E-state index contributed by atoms with van der Waals surface area (Å²) in [7, 11) is 0. The fourth-order valence-corrected chi connectivity index (χ4v) is 10.3. The van der Waals surface area contributed by atoms with Crippen LogP contribution < -0.4 is 0 Å². The largest absolute Gasteiger partial charge is 0.0654 e. The quantitative estimate of drug-likeness (QED) is 0.364. The molecule has 5 fully saturated rings. The van der Waals surface area contributed by atoms with Crippen molar-refractivity contribution in [2.45, 2.75) is 157 Å². The number of unbranched alkanes of at least 4 members (excludes halogenated alkanes) is 1. The minimum Gasteiger partial charge on any atom is -0.0654 e. The normalized spacial score (nSPS) is 42.5. The molecule has 0 aromatic rings. The van der Waals surface area contributed by atoms with Crippen molar-refractivity contribution in [1.82, 2.24) is 0 Å². The molecule has 0 aromatic heterocycles. The number of fused-ring (bicyclic) bond motifs is 1. The van der Waals surface area contributed by atoms with E-state index in [4.69, 9.17) is 0 Å². The fourth-order valence-electron chi connectivity index (χ4n) is 10.3. The molecule has 0 amide bonds. The highest BCUT2D eigenvalue weighted by atomic mass is 14.5. The van der Waals surface area contributed by atoms with Crippen molar-refractivity contribution >= 4 is 0 Å². The zero-order valence-corrected chi connectivity index (χ0v) is 25.0. The molecule has 5 saturated carbocycles. The van der Waals surface area contributed by atoms with Crippen LogP contribution in [0.15, 0.2) is 0 Å². The van der Waals surface area contributed by atoms with Crippen molar-refractivity contribution in [2.24, 2.45) is 64.6 Å². The average molecular weight is 485 g/mol. The highest BCUT2D eigenvalue weighted by molar-refractivity contribution is 4.97. The van der Waals surface area contributed by atoms with Crippen molar-refractivity contribution in [2.75, 3.05) is 0 Å². The van der Waals surface area contributed by atoms with Gasteiger partial charge in [-0.15, -0.1) is 0 Å². The zero-order chi connectivity index (χ0) is 25.0. The van der Waals surface area contributed by atoms with Crippen LogP contribution in [-0.2, 0) is 0 Å². The van der Waals surface area contributed by atoms with E-state index in [2.05, 4.69) is 41.5 Å². The Balaban J connectivity index is 0.000000168. The SMILES string of the molecule is CC1CCC(C2CCCC(C(C)(C)C)C2)C1.CCCCC1C(C)CC2CCCC2C1C1CCCC1. The molecular weight excluding hydrogens is 420 g/mol. The van der Waals surface area contributed by atoms with Gasteiger partial charge >= 0.3 is 0 Å². The molecule has 0 aromatic carbocycles. The second kappa shape index (κ2) is 12.7. The molecular formula is C35H64. The lowest BCUT2D eigenvalue weighted by Gasteiger charge is -2.47. The average Bonchev–Trinajstić information content (AvgIpc) is 3.59. The molecule has 0 heteroatoms. The molecule has 204 valence electrons. The molecule has 5 rings (SSSR count). The second-order valence-electron chi connectivity index (χ2n) is 15.7. The topological polar surface area (TPSA) is 0 Å². The lowest BCUT2D eigenvalue weighted by atomic mass is 9.58. The van der Waals surface area contributed by atoms with E-state index >= 15 is 0 Å². The van der Waals surface area contributed by atoms with Gasteiger partial charge in [-0.05, 0) is 110 Å². The first kappa shape index (κ1) is 28.0. The van der Waals surface area contributed by atoms with Gasteiger partial charge in [-0.3, -0.25) is 0 Å². The highest BCUT2D eigenvalue weighted by Crippen LogP contribution is 2.56. The van der Waals surface area contributed by atoms with Gasteiger partial charge in [0.05, 0.1) is 0 Å². The third-order valence-electron chi connectivity index (χ3n) is 12.3. The van der Waals surface area contributed by atoms with Gasteiger partial charge in [0.2, 0.25) is 0 Å². The van der Waals surface area contributed by atoms with E-state index in [-0.39, 0.29) is 0 Å². The van der Waals surface area contributed by atoms with Gasteiger partial charge in [0, 0.05) is 0 Å². The van der Waals surface area contributed by atoms with E-state index in [0.29, 0.717) is 5.41 Å². The molecule has 9 atom stereocenters. The van der Waals surface area contributed by atoms with Crippen molar-refractivity contribution in [3.8, 4) is 0 Å². The first-order chi connectivity index (χ1) is 16.8. The van der Waals surface area contributed by atoms with Crippen LogP contribution in [0.5, 0.6) is 0 Å². The third kappa shape index (κ3) is 7.11. The van der Waals surface area contributed by atoms with Crippen LogP contribution in [0.4, 0.5) is 0 Å². The number of hydrogen-bond acceptors (Lipinski definition) is 0. The Hall–Kier alpha value is 0. The summed E-state index contributed by atoms with van der Waals surface area (Å²) >= 11 is 0. The lowest BCUT2D eigenvalue weighted by Crippen LogP contribution is -2.40. The molecule has 0 bridgehead atoms. The molecule has 0 saturated heterocycles. The summed E-state index contributed by atoms with van der Waals surface area (Å²) in [6, 6.07) is 0. The summed E-state index contributed by atoms with van der Waals surface area (Å²) < 4.78 is 0. The molecule has 5 aliphatic rings. The lowest BCUT2D eigenvalue weighted by molar-refractivity contribution is 0.0160. The standard InChI is InChI=1S/C19H34.C16H30/c1-3-4-11-17-14(2)13-16-10-7-12-18(16)19(17)15-8-5-6-9-15;1-12-8-9-14(10-12)13-6-5-7-15(11-13)16(2,3)4/h14-19H,3-13H2,1-2H3;12-15H,5-11H2,1-4H3. The van der Waals surface area contributed by atoms with Crippen LogP contribution in [0.1, 0.15) is 157 Å². The summed E-state index contributed by atoms with van der Waals surface area (Å²) in [4.78, 5) is 0. The molecule has 5 aliphatic carbocycles. The number of rotatable bonds is 5. The Morgan fingerprint density at radius 1 is 0.629 bits per heavy atom. The fraction of sp³-hybridized carbons (Fsp3) is 1.00. The van der Waals surface area contributed by atoms with Gasteiger partial charge in [-0.25, -0.2) is 0 Å². The van der Waals surface area contributed by atoms with Gasteiger partial charge in [0.1, 0.15) is 0 Å². The van der Waals surface area contributed by atoms with E-state index in [1.54, 1.807) is 44.9 Å². The van der Waals surface area contributed by atoms with Gasteiger partial charge in [0.25, 0.3) is 0 Å². The zero-order valence-electron chi connectivity index (χ0n) is 25.0. The van der Waals surface area contributed by atoms with Crippen LogP contribution in [0.25, 0.3) is 0 Å². The Kier molecular flexibility index (Phi) is 10.2. The summed E-state index contributed by atoms with van der Waals surface area (Å²) in [5.41, 5.74) is 0.545. The molecule has 0 spiro atoms. The minimum atomic E-state index is 0.545. The minimum absolute atomic E-state index is 0.545. The maximum absolute atomic E-state index is 2.59. The van der Waals surface area contributed by atoms with Crippen LogP contribution in [0.2, 0.25) is 0 Å². The second-order valence-corrected chi connectivity index (χ2v) is 15.7. The predicted molar refractivity (Wildman–Crippen MR) is 154 cm³/mol. The van der Waals surface area contributed by atoms with E-state index < -0.39 is 0 Å². The molecule has 0 N–H and O–H groups in total. The first-order valence-electron chi connectivity index (χ1n) is 16.8. The van der Waals surface area contributed by atoms with Gasteiger partial charge < -0.3 is 0 Å². The van der Waals surface area contributed by atoms with Crippen molar-refractivity contribution in [1.29, 1.82) is 0 Å². The highest BCUT2D eigenvalue weighted by Gasteiger charge is 2.47. The maximum Gasteiger partial charge on any atom is -0.0324 e. The predicted octanol–water partition coefficient (Wildman–Crippen LogP) is 11.3. The van der Waals surface area contributed by atoms with Crippen molar-refractivity contribution < 1.29 is 0 Å². The van der Waals surface area contributed by atoms with Gasteiger partial charge in [-0.1, -0.05) is 112 Å². The summed E-state index contributed by atoms with van der Waals surface area (Å²) in [5, 5.41) is 0. The summed E-state index contributed by atoms with van der Waals surface area (Å²) in [5.74, 6) is 10.8. The first-order valence-corrected chi connectivity index (χ1v) is 16.8. The van der Waals surface area contributed by atoms with Crippen LogP contribution >= 0.6 is 0 Å².